The Bertz CT molecular complexity index is 902. The van der Waals surface area contributed by atoms with Crippen LogP contribution in [0, 0.1) is 0 Å². The molecule has 0 aliphatic heterocycles. The lowest BCUT2D eigenvalue weighted by Crippen LogP contribution is -1.97. The summed E-state index contributed by atoms with van der Waals surface area (Å²) in [6, 6.07) is 16.9. The molecule has 3 aromatic rings. The molecule has 0 unspecified atom stereocenters. The highest BCUT2D eigenvalue weighted by molar-refractivity contribution is 5.68. The Kier molecular flexibility index (Phi) is 10.9. The third-order valence-electron chi connectivity index (χ3n) is 6.12. The highest BCUT2D eigenvalue weighted by Crippen LogP contribution is 2.25. The number of unbranched alkanes of at least 4 members (excludes halogenated alkanes) is 8. The number of nitrogens with zero attached hydrogens (tertiary/aromatic N) is 2. The van der Waals surface area contributed by atoms with Gasteiger partial charge in [-0.15, -0.1) is 0 Å². The van der Waals surface area contributed by atoms with Crippen molar-refractivity contribution in [1.29, 1.82) is 0 Å². The van der Waals surface area contributed by atoms with Crippen LogP contribution < -0.4 is 4.74 Å². The summed E-state index contributed by atoms with van der Waals surface area (Å²) >= 11 is 0. The van der Waals surface area contributed by atoms with E-state index in [1.807, 2.05) is 12.4 Å². The van der Waals surface area contributed by atoms with Crippen molar-refractivity contribution in [1.82, 2.24) is 9.97 Å². The zero-order valence-electron chi connectivity index (χ0n) is 20.6. The number of ether oxygens (including phenoxy) is 1. The fourth-order valence-corrected chi connectivity index (χ4v) is 4.02. The van der Waals surface area contributed by atoms with E-state index in [-0.39, 0.29) is 0 Å². The first kappa shape index (κ1) is 25.0. The molecule has 0 saturated carbocycles. The molecule has 0 spiro atoms. The average molecular weight is 445 g/mol. The van der Waals surface area contributed by atoms with Crippen molar-refractivity contribution in [2.75, 3.05) is 6.61 Å². The Hall–Kier alpha value is -2.68. The topological polar surface area (TPSA) is 35.0 Å². The zero-order chi connectivity index (χ0) is 23.1. The summed E-state index contributed by atoms with van der Waals surface area (Å²) in [6.45, 7) is 5.30. The molecular formula is C30H40N2O. The van der Waals surface area contributed by atoms with Crippen LogP contribution in [0.5, 0.6) is 5.75 Å². The number of hydrogen-bond donors (Lipinski definition) is 0. The first-order chi connectivity index (χ1) is 16.3. The quantitative estimate of drug-likeness (QED) is 0.220. The number of aryl methyl sites for hydroxylation is 1. The molecular weight excluding hydrogens is 404 g/mol. The Morgan fingerprint density at radius 3 is 1.73 bits per heavy atom. The van der Waals surface area contributed by atoms with E-state index >= 15 is 0 Å². The highest BCUT2D eigenvalue weighted by atomic mass is 16.5. The van der Waals surface area contributed by atoms with Crippen LogP contribution in [-0.2, 0) is 6.42 Å². The van der Waals surface area contributed by atoms with Gasteiger partial charge in [0.2, 0.25) is 0 Å². The Morgan fingerprint density at radius 2 is 1.09 bits per heavy atom. The molecule has 0 saturated heterocycles. The van der Waals surface area contributed by atoms with Crippen LogP contribution in [-0.4, -0.2) is 16.6 Å². The molecule has 3 heteroatoms. The summed E-state index contributed by atoms with van der Waals surface area (Å²) < 4.78 is 5.91. The van der Waals surface area contributed by atoms with Crippen molar-refractivity contribution in [3.8, 4) is 28.3 Å². The SMILES string of the molecule is CCCCCCCCOc1ccc(-c2ccc(-c3ncc(CCCCCC)cn3)cc2)cc1. The Labute approximate surface area is 200 Å². The lowest BCUT2D eigenvalue weighted by Gasteiger charge is -2.08. The molecule has 0 aliphatic carbocycles. The molecule has 0 atom stereocenters. The van der Waals surface area contributed by atoms with Gasteiger partial charge in [-0.05, 0) is 48.1 Å². The van der Waals surface area contributed by atoms with Gasteiger partial charge < -0.3 is 4.74 Å². The van der Waals surface area contributed by atoms with Crippen molar-refractivity contribution < 1.29 is 4.74 Å². The third kappa shape index (κ3) is 8.64. The third-order valence-corrected chi connectivity index (χ3v) is 6.12. The van der Waals surface area contributed by atoms with Gasteiger partial charge in [0.15, 0.2) is 5.82 Å². The van der Waals surface area contributed by atoms with Crippen LogP contribution in [0.1, 0.15) is 83.6 Å². The maximum Gasteiger partial charge on any atom is 0.159 e. The lowest BCUT2D eigenvalue weighted by molar-refractivity contribution is 0.304. The van der Waals surface area contributed by atoms with Gasteiger partial charge in [0.05, 0.1) is 6.61 Å². The lowest BCUT2D eigenvalue weighted by atomic mass is 10.0. The van der Waals surface area contributed by atoms with E-state index in [4.69, 9.17) is 4.74 Å². The first-order valence-corrected chi connectivity index (χ1v) is 12.9. The van der Waals surface area contributed by atoms with Gasteiger partial charge in [0.1, 0.15) is 5.75 Å². The Balaban J connectivity index is 1.47. The van der Waals surface area contributed by atoms with Crippen LogP contribution in [0.4, 0.5) is 0 Å². The first-order valence-electron chi connectivity index (χ1n) is 12.9. The van der Waals surface area contributed by atoms with Crippen molar-refractivity contribution in [3.05, 3.63) is 66.5 Å². The molecule has 176 valence electrons. The molecule has 3 rings (SSSR count). The minimum Gasteiger partial charge on any atom is -0.494 e. The average Bonchev–Trinajstić information content (AvgIpc) is 2.87. The molecule has 0 fully saturated rings. The van der Waals surface area contributed by atoms with Gasteiger partial charge in [0.25, 0.3) is 0 Å². The smallest absolute Gasteiger partial charge is 0.159 e. The second-order valence-electron chi connectivity index (χ2n) is 8.94. The van der Waals surface area contributed by atoms with E-state index in [1.54, 1.807) is 0 Å². The van der Waals surface area contributed by atoms with Crippen LogP contribution >= 0.6 is 0 Å². The highest BCUT2D eigenvalue weighted by Gasteiger charge is 2.04. The van der Waals surface area contributed by atoms with E-state index < -0.39 is 0 Å². The van der Waals surface area contributed by atoms with Gasteiger partial charge >= 0.3 is 0 Å². The molecule has 1 heterocycles. The van der Waals surface area contributed by atoms with E-state index in [0.29, 0.717) is 0 Å². The number of benzene rings is 2. The van der Waals surface area contributed by atoms with Crippen LogP contribution in [0.25, 0.3) is 22.5 Å². The zero-order valence-corrected chi connectivity index (χ0v) is 20.6. The Morgan fingerprint density at radius 1 is 0.576 bits per heavy atom. The summed E-state index contributed by atoms with van der Waals surface area (Å²) in [4.78, 5) is 9.18. The van der Waals surface area contributed by atoms with E-state index in [1.165, 1.54) is 74.5 Å². The molecule has 0 amide bonds. The van der Waals surface area contributed by atoms with Crippen molar-refractivity contribution in [2.45, 2.75) is 84.5 Å². The predicted molar refractivity (Wildman–Crippen MR) is 140 cm³/mol. The van der Waals surface area contributed by atoms with Gasteiger partial charge in [-0.2, -0.15) is 0 Å². The van der Waals surface area contributed by atoms with Gasteiger partial charge in [-0.1, -0.05) is 102 Å². The van der Waals surface area contributed by atoms with E-state index in [0.717, 1.165) is 36.6 Å². The molecule has 0 N–H and O–H groups in total. The molecule has 0 radical (unpaired) electrons. The van der Waals surface area contributed by atoms with E-state index in [2.05, 4.69) is 72.3 Å². The minimum absolute atomic E-state index is 0.789. The minimum atomic E-state index is 0.789. The fourth-order valence-electron chi connectivity index (χ4n) is 4.02. The summed E-state index contributed by atoms with van der Waals surface area (Å²) in [6.07, 6.45) is 17.8. The van der Waals surface area contributed by atoms with E-state index in [9.17, 15) is 0 Å². The summed E-state index contributed by atoms with van der Waals surface area (Å²) in [5.74, 6) is 1.74. The number of aromatic nitrogens is 2. The summed E-state index contributed by atoms with van der Waals surface area (Å²) in [5, 5.41) is 0. The van der Waals surface area contributed by atoms with Crippen LogP contribution in [0.15, 0.2) is 60.9 Å². The maximum atomic E-state index is 5.91. The number of hydrogen-bond acceptors (Lipinski definition) is 3. The molecule has 0 bridgehead atoms. The molecule has 3 nitrogen and oxygen atoms in total. The second kappa shape index (κ2) is 14.5. The van der Waals surface area contributed by atoms with Gasteiger partial charge in [-0.25, -0.2) is 9.97 Å². The summed E-state index contributed by atoms with van der Waals surface area (Å²) in [7, 11) is 0. The van der Waals surface area contributed by atoms with Crippen molar-refractivity contribution in [3.63, 3.8) is 0 Å². The molecule has 2 aromatic carbocycles. The van der Waals surface area contributed by atoms with Gasteiger partial charge in [-0.3, -0.25) is 0 Å². The van der Waals surface area contributed by atoms with Gasteiger partial charge in [0, 0.05) is 18.0 Å². The second-order valence-corrected chi connectivity index (χ2v) is 8.94. The maximum absolute atomic E-state index is 5.91. The monoisotopic (exact) mass is 444 g/mol. The normalized spacial score (nSPS) is 11.0. The van der Waals surface area contributed by atoms with Crippen molar-refractivity contribution in [2.24, 2.45) is 0 Å². The molecule has 0 aliphatic rings. The molecule has 1 aromatic heterocycles. The van der Waals surface area contributed by atoms with Crippen molar-refractivity contribution >= 4 is 0 Å². The fraction of sp³-hybridized carbons (Fsp3) is 0.467. The van der Waals surface area contributed by atoms with Crippen LogP contribution in [0.3, 0.4) is 0 Å². The molecule has 33 heavy (non-hydrogen) atoms. The number of rotatable bonds is 15. The predicted octanol–water partition coefficient (Wildman–Crippen LogP) is 8.67. The standard InChI is InChI=1S/C30H40N2O/c1-3-5-7-9-10-12-22-33-29-20-18-27(19-21-29)26-14-16-28(17-15-26)30-31-23-25(24-32-30)13-11-8-6-4-2/h14-21,23-24H,3-13,22H2,1-2H3. The van der Waals surface area contributed by atoms with Crippen LogP contribution in [0.2, 0.25) is 0 Å². The largest absolute Gasteiger partial charge is 0.494 e. The summed E-state index contributed by atoms with van der Waals surface area (Å²) in [5.41, 5.74) is 4.66.